The van der Waals surface area contributed by atoms with Gasteiger partial charge in [-0.2, -0.15) is 4.68 Å². The number of hydrogen-bond donors (Lipinski definition) is 1. The SMILES string of the molecule is C[NH+](Cc1ccc(Cl)c(Cl)c1)Cn1nc(-c2ccco2)oc1=S. The maximum atomic E-state index is 6.04. The van der Waals surface area contributed by atoms with Gasteiger partial charge in [-0.15, -0.1) is 5.10 Å². The van der Waals surface area contributed by atoms with Crippen LogP contribution >= 0.6 is 35.4 Å². The van der Waals surface area contributed by atoms with Crippen LogP contribution in [0.4, 0.5) is 0 Å². The predicted octanol–water partition coefficient (Wildman–Crippen LogP) is 3.44. The summed E-state index contributed by atoms with van der Waals surface area (Å²) in [6.45, 7) is 1.31. The average molecular weight is 371 g/mol. The maximum absolute atomic E-state index is 6.04. The predicted molar refractivity (Wildman–Crippen MR) is 90.1 cm³/mol. The maximum Gasteiger partial charge on any atom is 0.292 e. The van der Waals surface area contributed by atoms with Gasteiger partial charge in [-0.25, -0.2) is 0 Å². The van der Waals surface area contributed by atoms with E-state index in [2.05, 4.69) is 5.10 Å². The zero-order chi connectivity index (χ0) is 16.4. The molecule has 1 aromatic carbocycles. The van der Waals surface area contributed by atoms with E-state index in [-0.39, 0.29) is 0 Å². The summed E-state index contributed by atoms with van der Waals surface area (Å²) in [5.41, 5.74) is 1.08. The third kappa shape index (κ3) is 3.84. The van der Waals surface area contributed by atoms with Gasteiger partial charge in [0.2, 0.25) is 0 Å². The van der Waals surface area contributed by atoms with Gasteiger partial charge >= 0.3 is 0 Å². The second-order valence-electron chi connectivity index (χ2n) is 5.19. The lowest BCUT2D eigenvalue weighted by molar-refractivity contribution is -0.917. The first-order valence-corrected chi connectivity index (χ1v) is 8.06. The van der Waals surface area contributed by atoms with Crippen molar-refractivity contribution >= 4 is 35.4 Å². The molecule has 5 nitrogen and oxygen atoms in total. The summed E-state index contributed by atoms with van der Waals surface area (Å²) in [5, 5.41) is 5.45. The Morgan fingerprint density at radius 2 is 2.09 bits per heavy atom. The summed E-state index contributed by atoms with van der Waals surface area (Å²) in [4.78, 5) is 1.48. The van der Waals surface area contributed by atoms with E-state index in [9.17, 15) is 0 Å². The van der Waals surface area contributed by atoms with Gasteiger partial charge in [0.1, 0.15) is 6.54 Å². The highest BCUT2D eigenvalue weighted by molar-refractivity contribution is 7.71. The van der Waals surface area contributed by atoms with Crippen molar-refractivity contribution in [2.75, 3.05) is 7.05 Å². The van der Waals surface area contributed by atoms with E-state index in [1.54, 1.807) is 29.1 Å². The highest BCUT2D eigenvalue weighted by atomic mass is 35.5. The molecule has 0 aliphatic rings. The molecule has 0 radical (unpaired) electrons. The first-order chi connectivity index (χ1) is 11.0. The number of aromatic nitrogens is 2. The lowest BCUT2D eigenvalue weighted by Gasteiger charge is -2.13. The molecular formula is C15H14Cl2N3O2S+. The molecule has 8 heteroatoms. The number of hydrogen-bond acceptors (Lipinski definition) is 4. The number of benzene rings is 1. The molecule has 2 aromatic heterocycles. The monoisotopic (exact) mass is 370 g/mol. The third-order valence-corrected chi connectivity index (χ3v) is 4.28. The largest absolute Gasteiger partial charge is 0.459 e. The van der Waals surface area contributed by atoms with Crippen molar-refractivity contribution in [3.05, 3.63) is 57.0 Å². The molecule has 2 heterocycles. The minimum atomic E-state index is 0.310. The number of nitrogens with zero attached hydrogens (tertiary/aromatic N) is 2. The van der Waals surface area contributed by atoms with Crippen LogP contribution in [-0.2, 0) is 13.2 Å². The fourth-order valence-electron chi connectivity index (χ4n) is 2.22. The molecular weight excluding hydrogens is 357 g/mol. The normalized spacial score (nSPS) is 12.5. The van der Waals surface area contributed by atoms with Gasteiger partial charge in [-0.1, -0.05) is 29.3 Å². The van der Waals surface area contributed by atoms with Gasteiger partial charge in [-0.3, -0.25) is 0 Å². The van der Waals surface area contributed by atoms with Gasteiger partial charge in [0.25, 0.3) is 10.7 Å². The molecule has 120 valence electrons. The standard InChI is InChI=1S/C15H13Cl2N3O2S/c1-19(8-10-4-5-11(16)12(17)7-10)9-20-15(23)22-14(18-20)13-3-2-6-21-13/h2-7H,8-9H2,1H3/p+1. The Hall–Kier alpha value is -1.60. The van der Waals surface area contributed by atoms with Gasteiger partial charge < -0.3 is 13.7 Å². The zero-order valence-electron chi connectivity index (χ0n) is 12.3. The van der Waals surface area contributed by atoms with Crippen molar-refractivity contribution in [1.82, 2.24) is 9.78 Å². The Morgan fingerprint density at radius 3 is 2.78 bits per heavy atom. The summed E-state index contributed by atoms with van der Waals surface area (Å²) >= 11 is 17.2. The van der Waals surface area contributed by atoms with E-state index < -0.39 is 0 Å². The Kier molecular flexibility index (Phi) is 4.87. The number of furan rings is 1. The van der Waals surface area contributed by atoms with Crippen LogP contribution in [0.5, 0.6) is 0 Å². The van der Waals surface area contributed by atoms with Crippen molar-refractivity contribution < 1.29 is 13.7 Å². The third-order valence-electron chi connectivity index (χ3n) is 3.25. The lowest BCUT2D eigenvalue weighted by atomic mass is 10.2. The number of quaternary nitrogens is 1. The van der Waals surface area contributed by atoms with Gasteiger partial charge in [-0.05, 0) is 36.5 Å². The van der Waals surface area contributed by atoms with E-state index in [0.717, 1.165) is 12.1 Å². The minimum Gasteiger partial charge on any atom is -0.459 e. The number of rotatable bonds is 5. The van der Waals surface area contributed by atoms with Crippen LogP contribution in [0, 0.1) is 4.84 Å². The smallest absolute Gasteiger partial charge is 0.292 e. The average Bonchev–Trinajstić information content (AvgIpc) is 3.13. The topological polar surface area (TPSA) is 48.5 Å². The van der Waals surface area contributed by atoms with Crippen LogP contribution in [0.2, 0.25) is 10.0 Å². The van der Waals surface area contributed by atoms with Crippen LogP contribution in [0.15, 0.2) is 45.4 Å². The van der Waals surface area contributed by atoms with E-state index in [4.69, 9.17) is 44.3 Å². The Bertz CT molecular complexity index is 858. The first-order valence-electron chi connectivity index (χ1n) is 6.90. The van der Waals surface area contributed by atoms with Crippen LogP contribution in [0.1, 0.15) is 5.56 Å². The molecule has 0 spiro atoms. The summed E-state index contributed by atoms with van der Waals surface area (Å²) in [7, 11) is 2.03. The van der Waals surface area contributed by atoms with E-state index >= 15 is 0 Å². The molecule has 0 amide bonds. The molecule has 0 saturated carbocycles. The Balaban J connectivity index is 1.71. The second kappa shape index (κ2) is 6.88. The molecule has 0 aliphatic heterocycles. The molecule has 0 saturated heterocycles. The van der Waals surface area contributed by atoms with Crippen molar-refractivity contribution in [3.8, 4) is 11.7 Å². The molecule has 3 rings (SSSR count). The molecule has 1 unspecified atom stereocenters. The molecule has 1 N–H and O–H groups in total. The molecule has 0 aliphatic carbocycles. The quantitative estimate of drug-likeness (QED) is 0.698. The first kappa shape index (κ1) is 16.3. The zero-order valence-corrected chi connectivity index (χ0v) is 14.6. The highest BCUT2D eigenvalue weighted by Crippen LogP contribution is 2.22. The Labute approximate surface area is 148 Å². The van der Waals surface area contributed by atoms with Gasteiger partial charge in [0, 0.05) is 5.56 Å². The highest BCUT2D eigenvalue weighted by Gasteiger charge is 2.14. The van der Waals surface area contributed by atoms with Crippen LogP contribution in [0.25, 0.3) is 11.7 Å². The summed E-state index contributed by atoms with van der Waals surface area (Å²) in [6.07, 6.45) is 1.56. The lowest BCUT2D eigenvalue weighted by Crippen LogP contribution is -3.07. The van der Waals surface area contributed by atoms with E-state index in [0.29, 0.717) is 33.2 Å². The molecule has 0 bridgehead atoms. The number of halogens is 2. The van der Waals surface area contributed by atoms with Crippen molar-refractivity contribution in [1.29, 1.82) is 0 Å². The fourth-order valence-corrected chi connectivity index (χ4v) is 2.72. The molecule has 3 aromatic rings. The Morgan fingerprint density at radius 1 is 1.26 bits per heavy atom. The molecule has 23 heavy (non-hydrogen) atoms. The number of nitrogens with one attached hydrogen (secondary N) is 1. The van der Waals surface area contributed by atoms with Crippen molar-refractivity contribution in [3.63, 3.8) is 0 Å². The van der Waals surface area contributed by atoms with Crippen LogP contribution in [-0.4, -0.2) is 16.8 Å². The van der Waals surface area contributed by atoms with Crippen LogP contribution < -0.4 is 4.90 Å². The van der Waals surface area contributed by atoms with E-state index in [1.807, 2.05) is 19.2 Å². The van der Waals surface area contributed by atoms with Crippen molar-refractivity contribution in [2.45, 2.75) is 13.2 Å². The minimum absolute atomic E-state index is 0.310. The van der Waals surface area contributed by atoms with Crippen molar-refractivity contribution in [2.24, 2.45) is 0 Å². The summed E-state index contributed by atoms with van der Waals surface area (Å²) in [6, 6.07) is 9.16. The molecule has 1 atom stereocenters. The van der Waals surface area contributed by atoms with Crippen LogP contribution in [0.3, 0.4) is 0 Å². The fraction of sp³-hybridized carbons (Fsp3) is 0.200. The van der Waals surface area contributed by atoms with Gasteiger partial charge in [0.15, 0.2) is 12.4 Å². The molecule has 0 fully saturated rings. The van der Waals surface area contributed by atoms with Gasteiger partial charge in [0.05, 0.1) is 23.4 Å². The summed E-state index contributed by atoms with van der Waals surface area (Å²) < 4.78 is 12.4. The second-order valence-corrected chi connectivity index (χ2v) is 6.35. The van der Waals surface area contributed by atoms with E-state index in [1.165, 1.54) is 4.90 Å². The summed E-state index contributed by atoms with van der Waals surface area (Å²) in [5.74, 6) is 0.930.